The molecule has 1 aromatic rings. The van der Waals surface area contributed by atoms with Crippen LogP contribution in [0.3, 0.4) is 0 Å². The summed E-state index contributed by atoms with van der Waals surface area (Å²) in [5.41, 5.74) is 1.88. The molecule has 23 heavy (non-hydrogen) atoms. The maximum absolute atomic E-state index is 11.4. The molecule has 0 aromatic heterocycles. The fraction of sp³-hybridized carbons (Fsp3) is 0.533. The van der Waals surface area contributed by atoms with Crippen molar-refractivity contribution in [2.24, 2.45) is 11.8 Å². The Bertz CT molecular complexity index is 540. The summed E-state index contributed by atoms with van der Waals surface area (Å²) < 4.78 is 0. The zero-order chi connectivity index (χ0) is 16.9. The van der Waals surface area contributed by atoms with E-state index in [-0.39, 0.29) is 23.7 Å². The third-order valence-corrected chi connectivity index (χ3v) is 3.05. The monoisotopic (exact) mass is 345 g/mol. The second kappa shape index (κ2) is 9.32. The van der Waals surface area contributed by atoms with Gasteiger partial charge in [-0.25, -0.2) is 5.48 Å². The number of hydroxylamine groups is 1. The lowest BCUT2D eigenvalue weighted by molar-refractivity contribution is -0.384. The number of nitrogens with one attached hydrogen (secondary N) is 1. The zero-order valence-corrected chi connectivity index (χ0v) is 14.6. The predicted molar refractivity (Wildman–Crippen MR) is 91.5 cm³/mol. The van der Waals surface area contributed by atoms with Gasteiger partial charge in [-0.3, -0.25) is 20.1 Å². The summed E-state index contributed by atoms with van der Waals surface area (Å²) >= 11 is 0. The Kier molecular flexibility index (Phi) is 8.56. The van der Waals surface area contributed by atoms with Crippen molar-refractivity contribution < 1.29 is 14.9 Å². The minimum Gasteiger partial charge on any atom is -0.365 e. The van der Waals surface area contributed by atoms with Crippen molar-refractivity contribution in [3.8, 4) is 0 Å². The molecule has 0 spiro atoms. The Morgan fingerprint density at radius 1 is 1.26 bits per heavy atom. The number of nitrogens with zero attached hydrogens (tertiary/aromatic N) is 2. The highest BCUT2D eigenvalue weighted by Gasteiger charge is 2.23. The topological polar surface area (TPSA) is 95.7 Å². The Balaban J connectivity index is 0.00000484. The molecule has 8 heteroatoms. The smallest absolute Gasteiger partial charge is 0.293 e. The standard InChI is InChI=1S/C15H23N3O4.ClH/c1-10(2)8-17(9-11(3)4)13-6-5-12(15(19)16-20)7-14(13)18(21)22;/h5-7,10-11,20H,8-9H2,1-4H3,(H,16,19);1H. The van der Waals surface area contributed by atoms with Crippen molar-refractivity contribution in [3.05, 3.63) is 33.9 Å². The number of amides is 1. The fourth-order valence-electron chi connectivity index (χ4n) is 2.30. The molecular weight excluding hydrogens is 322 g/mol. The summed E-state index contributed by atoms with van der Waals surface area (Å²) in [6.45, 7) is 9.56. The molecule has 0 heterocycles. The molecule has 1 aromatic carbocycles. The summed E-state index contributed by atoms with van der Waals surface area (Å²) in [4.78, 5) is 24.2. The van der Waals surface area contributed by atoms with Crippen molar-refractivity contribution in [1.29, 1.82) is 0 Å². The van der Waals surface area contributed by atoms with E-state index >= 15 is 0 Å². The third kappa shape index (κ3) is 6.03. The molecule has 1 amide bonds. The Morgan fingerprint density at radius 2 is 1.78 bits per heavy atom. The number of halogens is 1. The van der Waals surface area contributed by atoms with Crippen LogP contribution in [0, 0.1) is 22.0 Å². The molecule has 0 aliphatic carbocycles. The van der Waals surface area contributed by atoms with Crippen LogP contribution < -0.4 is 10.4 Å². The highest BCUT2D eigenvalue weighted by atomic mass is 35.5. The van der Waals surface area contributed by atoms with E-state index in [0.29, 0.717) is 30.6 Å². The van der Waals surface area contributed by atoms with Gasteiger partial charge >= 0.3 is 0 Å². The lowest BCUT2D eigenvalue weighted by atomic mass is 10.1. The van der Waals surface area contributed by atoms with Crippen LogP contribution in [0.2, 0.25) is 0 Å². The van der Waals surface area contributed by atoms with Crippen molar-refractivity contribution >= 4 is 29.7 Å². The first-order valence-electron chi connectivity index (χ1n) is 7.24. The van der Waals surface area contributed by atoms with E-state index in [1.54, 1.807) is 6.07 Å². The number of hydrogen-bond donors (Lipinski definition) is 2. The fourth-order valence-corrected chi connectivity index (χ4v) is 2.30. The first-order chi connectivity index (χ1) is 10.3. The molecule has 0 atom stereocenters. The maximum atomic E-state index is 11.4. The van der Waals surface area contributed by atoms with E-state index in [4.69, 9.17) is 5.21 Å². The van der Waals surface area contributed by atoms with Gasteiger partial charge in [0.1, 0.15) is 5.69 Å². The molecule has 0 saturated carbocycles. The van der Waals surface area contributed by atoms with Crippen molar-refractivity contribution in [2.75, 3.05) is 18.0 Å². The quantitative estimate of drug-likeness (QED) is 0.449. The summed E-state index contributed by atoms with van der Waals surface area (Å²) in [7, 11) is 0. The first kappa shape index (κ1) is 21.1. The van der Waals surface area contributed by atoms with Gasteiger partial charge in [-0.1, -0.05) is 27.7 Å². The van der Waals surface area contributed by atoms with Crippen LogP contribution in [0.5, 0.6) is 0 Å². The van der Waals surface area contributed by atoms with Crippen molar-refractivity contribution in [1.82, 2.24) is 5.48 Å². The highest BCUT2D eigenvalue weighted by Crippen LogP contribution is 2.30. The third-order valence-electron chi connectivity index (χ3n) is 3.05. The van der Waals surface area contributed by atoms with Gasteiger partial charge in [-0.2, -0.15) is 0 Å². The highest BCUT2D eigenvalue weighted by molar-refractivity contribution is 5.95. The number of benzene rings is 1. The molecule has 2 N–H and O–H groups in total. The van der Waals surface area contributed by atoms with Crippen LogP contribution in [-0.4, -0.2) is 29.1 Å². The normalized spacial score (nSPS) is 10.4. The molecule has 7 nitrogen and oxygen atoms in total. The molecule has 0 fully saturated rings. The van der Waals surface area contributed by atoms with E-state index < -0.39 is 10.8 Å². The minimum atomic E-state index is -0.770. The maximum Gasteiger partial charge on any atom is 0.293 e. The van der Waals surface area contributed by atoms with Gasteiger partial charge < -0.3 is 4.90 Å². The number of carbonyl (C=O) groups excluding carboxylic acids is 1. The van der Waals surface area contributed by atoms with E-state index in [1.807, 2.05) is 32.6 Å². The number of nitro groups is 1. The van der Waals surface area contributed by atoms with E-state index in [9.17, 15) is 14.9 Å². The molecule has 0 unspecified atom stereocenters. The summed E-state index contributed by atoms with van der Waals surface area (Å²) in [5, 5.41) is 20.0. The van der Waals surface area contributed by atoms with Crippen molar-refractivity contribution in [3.63, 3.8) is 0 Å². The average Bonchev–Trinajstić information content (AvgIpc) is 2.44. The van der Waals surface area contributed by atoms with E-state index in [2.05, 4.69) is 0 Å². The zero-order valence-electron chi connectivity index (χ0n) is 13.8. The molecule has 130 valence electrons. The van der Waals surface area contributed by atoms with Gasteiger partial charge in [-0.15, -0.1) is 12.4 Å². The Morgan fingerprint density at radius 3 is 2.17 bits per heavy atom. The predicted octanol–water partition coefficient (Wildman–Crippen LogP) is 3.25. The molecular formula is C15H24ClN3O4. The van der Waals surface area contributed by atoms with Crippen LogP contribution in [0.4, 0.5) is 11.4 Å². The molecule has 0 radical (unpaired) electrons. The molecule has 0 bridgehead atoms. The summed E-state index contributed by atoms with van der Waals surface area (Å²) in [6.07, 6.45) is 0. The van der Waals surface area contributed by atoms with Gasteiger partial charge in [0.05, 0.1) is 4.92 Å². The second-order valence-electron chi connectivity index (χ2n) is 6.09. The summed E-state index contributed by atoms with van der Waals surface area (Å²) in [6, 6.07) is 4.23. The van der Waals surface area contributed by atoms with Crippen LogP contribution >= 0.6 is 12.4 Å². The average molecular weight is 346 g/mol. The van der Waals surface area contributed by atoms with Crippen LogP contribution in [0.15, 0.2) is 18.2 Å². The Labute approximate surface area is 142 Å². The lowest BCUT2D eigenvalue weighted by Crippen LogP contribution is -2.32. The first-order valence-corrected chi connectivity index (χ1v) is 7.24. The van der Waals surface area contributed by atoms with E-state index in [1.165, 1.54) is 17.6 Å². The van der Waals surface area contributed by atoms with E-state index in [0.717, 1.165) is 0 Å². The lowest BCUT2D eigenvalue weighted by Gasteiger charge is -2.28. The SMILES string of the molecule is CC(C)CN(CC(C)C)c1ccc(C(=O)NO)cc1[N+](=O)[O-].Cl. The number of hydrogen-bond acceptors (Lipinski definition) is 5. The largest absolute Gasteiger partial charge is 0.365 e. The molecule has 0 aliphatic rings. The van der Waals surface area contributed by atoms with Crippen LogP contribution in [0.25, 0.3) is 0 Å². The number of rotatable bonds is 7. The minimum absolute atomic E-state index is 0. The number of nitro benzene ring substituents is 1. The van der Waals surface area contributed by atoms with Crippen molar-refractivity contribution in [2.45, 2.75) is 27.7 Å². The van der Waals surface area contributed by atoms with Gasteiger partial charge in [0.15, 0.2) is 0 Å². The number of carbonyl (C=O) groups is 1. The second-order valence-corrected chi connectivity index (χ2v) is 6.09. The summed E-state index contributed by atoms with van der Waals surface area (Å²) in [5.74, 6) is -0.0774. The van der Waals surface area contributed by atoms with Gasteiger partial charge in [-0.05, 0) is 24.0 Å². The Hall–Kier alpha value is -1.86. The van der Waals surface area contributed by atoms with Crippen LogP contribution in [0.1, 0.15) is 38.1 Å². The van der Waals surface area contributed by atoms with Crippen LogP contribution in [-0.2, 0) is 0 Å². The molecule has 1 rings (SSSR count). The van der Waals surface area contributed by atoms with Gasteiger partial charge in [0.2, 0.25) is 0 Å². The van der Waals surface area contributed by atoms with Gasteiger partial charge in [0.25, 0.3) is 11.6 Å². The van der Waals surface area contributed by atoms with Gasteiger partial charge in [0, 0.05) is 24.7 Å². The molecule has 0 saturated heterocycles. The molecule has 0 aliphatic heterocycles. The number of anilines is 1.